The fraction of sp³-hybridized carbons (Fsp3) is 0.533. The Hall–Kier alpha value is -1.51. The van der Waals surface area contributed by atoms with Gasteiger partial charge in [-0.25, -0.2) is 0 Å². The van der Waals surface area contributed by atoms with Crippen LogP contribution < -0.4 is 4.74 Å². The molecule has 0 aromatic heterocycles. The molecule has 0 aliphatic heterocycles. The number of ether oxygens (including phenoxy) is 2. The van der Waals surface area contributed by atoms with E-state index in [0.29, 0.717) is 6.61 Å². The Kier molecular flexibility index (Phi) is 4.24. The fourth-order valence-corrected chi connectivity index (χ4v) is 2.29. The summed E-state index contributed by atoms with van der Waals surface area (Å²) in [6.07, 6.45) is 4.86. The molecule has 3 nitrogen and oxygen atoms in total. The Labute approximate surface area is 108 Å². The van der Waals surface area contributed by atoms with Crippen LogP contribution in [0.3, 0.4) is 0 Å². The van der Waals surface area contributed by atoms with Crippen molar-refractivity contribution in [3.8, 4) is 5.75 Å². The van der Waals surface area contributed by atoms with Gasteiger partial charge >= 0.3 is 5.97 Å². The van der Waals surface area contributed by atoms with Crippen molar-refractivity contribution in [2.24, 2.45) is 5.92 Å². The highest BCUT2D eigenvalue weighted by atomic mass is 16.5. The summed E-state index contributed by atoms with van der Waals surface area (Å²) in [5.41, 5.74) is 2.83. The second-order valence-electron chi connectivity index (χ2n) is 4.87. The molecule has 0 amide bonds. The third kappa shape index (κ3) is 3.03. The van der Waals surface area contributed by atoms with Gasteiger partial charge in [-0.2, -0.15) is 0 Å². The van der Waals surface area contributed by atoms with E-state index in [0.717, 1.165) is 12.2 Å². The van der Waals surface area contributed by atoms with Crippen LogP contribution in [-0.2, 0) is 22.4 Å². The van der Waals surface area contributed by atoms with Crippen LogP contribution in [0.25, 0.3) is 0 Å². The average molecular weight is 248 g/mol. The summed E-state index contributed by atoms with van der Waals surface area (Å²) < 4.78 is 10.3. The number of methoxy groups -OCH3 is 1. The van der Waals surface area contributed by atoms with E-state index in [2.05, 4.69) is 16.9 Å². The zero-order valence-corrected chi connectivity index (χ0v) is 11.1. The van der Waals surface area contributed by atoms with Crippen LogP contribution in [0.4, 0.5) is 0 Å². The van der Waals surface area contributed by atoms with Crippen molar-refractivity contribution >= 4 is 5.97 Å². The van der Waals surface area contributed by atoms with Crippen LogP contribution in [0.1, 0.15) is 30.9 Å². The molecular formula is C15H20O3. The lowest BCUT2D eigenvalue weighted by atomic mass is 9.92. The number of hydrogen-bond donors (Lipinski definition) is 0. The second kappa shape index (κ2) is 5.89. The molecule has 0 saturated heterocycles. The number of carbonyl (C=O) groups is 1. The molecule has 2 rings (SSSR count). The van der Waals surface area contributed by atoms with Crippen LogP contribution in [0.15, 0.2) is 18.2 Å². The van der Waals surface area contributed by atoms with Crippen molar-refractivity contribution in [2.45, 2.75) is 32.6 Å². The van der Waals surface area contributed by atoms with E-state index in [1.807, 2.05) is 13.0 Å². The van der Waals surface area contributed by atoms with Crippen LogP contribution in [0.2, 0.25) is 0 Å². The molecule has 0 fully saturated rings. The average Bonchev–Trinajstić information content (AvgIpc) is 2.43. The normalized spacial score (nSPS) is 15.7. The van der Waals surface area contributed by atoms with Gasteiger partial charge in [0.25, 0.3) is 0 Å². The van der Waals surface area contributed by atoms with Gasteiger partial charge in [0.05, 0.1) is 13.0 Å². The molecular weight excluding hydrogens is 228 g/mol. The van der Waals surface area contributed by atoms with E-state index in [-0.39, 0.29) is 11.9 Å². The first-order valence-corrected chi connectivity index (χ1v) is 6.53. The highest BCUT2D eigenvalue weighted by molar-refractivity contribution is 5.71. The Bertz CT molecular complexity index is 426. The number of hydrogen-bond acceptors (Lipinski definition) is 3. The van der Waals surface area contributed by atoms with Crippen molar-refractivity contribution in [2.75, 3.05) is 13.7 Å². The summed E-state index contributed by atoms with van der Waals surface area (Å²) in [4.78, 5) is 11.3. The molecule has 0 bridgehead atoms. The SMILES string of the molecule is COC(=O)C(C)COc1ccc2c(c1)CCCC2. The molecule has 1 aromatic rings. The predicted octanol–water partition coefficient (Wildman–Crippen LogP) is 2.75. The number of carbonyl (C=O) groups excluding carboxylic acids is 1. The summed E-state index contributed by atoms with van der Waals surface area (Å²) in [6.45, 7) is 2.18. The van der Waals surface area contributed by atoms with Crippen molar-refractivity contribution in [1.82, 2.24) is 0 Å². The molecule has 0 N–H and O–H groups in total. The van der Waals surface area contributed by atoms with Gasteiger partial charge in [0.2, 0.25) is 0 Å². The lowest BCUT2D eigenvalue weighted by Crippen LogP contribution is -2.20. The van der Waals surface area contributed by atoms with Crippen molar-refractivity contribution in [1.29, 1.82) is 0 Å². The quantitative estimate of drug-likeness (QED) is 0.769. The van der Waals surface area contributed by atoms with Crippen LogP contribution in [0, 0.1) is 5.92 Å². The molecule has 1 aliphatic carbocycles. The molecule has 0 saturated carbocycles. The minimum absolute atomic E-state index is 0.229. The van der Waals surface area contributed by atoms with Crippen LogP contribution in [-0.4, -0.2) is 19.7 Å². The third-order valence-electron chi connectivity index (χ3n) is 3.42. The van der Waals surface area contributed by atoms with Gasteiger partial charge in [0, 0.05) is 0 Å². The summed E-state index contributed by atoms with van der Waals surface area (Å²) >= 11 is 0. The van der Waals surface area contributed by atoms with Crippen molar-refractivity contribution < 1.29 is 14.3 Å². The smallest absolute Gasteiger partial charge is 0.311 e. The molecule has 0 spiro atoms. The van der Waals surface area contributed by atoms with Gasteiger partial charge in [-0.15, -0.1) is 0 Å². The molecule has 0 heterocycles. The summed E-state index contributed by atoms with van der Waals surface area (Å²) in [7, 11) is 1.40. The molecule has 98 valence electrons. The zero-order chi connectivity index (χ0) is 13.0. The minimum atomic E-state index is -0.231. The van der Waals surface area contributed by atoms with Gasteiger partial charge in [-0.1, -0.05) is 6.07 Å². The zero-order valence-electron chi connectivity index (χ0n) is 11.1. The van der Waals surface area contributed by atoms with Crippen molar-refractivity contribution in [3.63, 3.8) is 0 Å². The minimum Gasteiger partial charge on any atom is -0.493 e. The maximum absolute atomic E-state index is 11.3. The largest absolute Gasteiger partial charge is 0.493 e. The molecule has 1 aliphatic rings. The van der Waals surface area contributed by atoms with E-state index in [4.69, 9.17) is 4.74 Å². The first kappa shape index (κ1) is 12.9. The first-order valence-electron chi connectivity index (χ1n) is 6.53. The number of benzene rings is 1. The molecule has 1 atom stereocenters. The van der Waals surface area contributed by atoms with Gasteiger partial charge in [0.1, 0.15) is 12.4 Å². The van der Waals surface area contributed by atoms with Crippen molar-refractivity contribution in [3.05, 3.63) is 29.3 Å². The molecule has 1 aromatic carbocycles. The predicted molar refractivity (Wildman–Crippen MR) is 69.8 cm³/mol. The van der Waals surface area contributed by atoms with Gasteiger partial charge < -0.3 is 9.47 Å². The Balaban J connectivity index is 1.96. The Morgan fingerprint density at radius 2 is 2.00 bits per heavy atom. The summed E-state index contributed by atoms with van der Waals surface area (Å²) in [5.74, 6) is 0.394. The maximum atomic E-state index is 11.3. The van der Waals surface area contributed by atoms with E-state index in [1.54, 1.807) is 0 Å². The number of rotatable bonds is 4. The molecule has 18 heavy (non-hydrogen) atoms. The van der Waals surface area contributed by atoms with E-state index in [9.17, 15) is 4.79 Å². The van der Waals surface area contributed by atoms with E-state index >= 15 is 0 Å². The summed E-state index contributed by atoms with van der Waals surface area (Å²) in [5, 5.41) is 0. The molecule has 0 radical (unpaired) electrons. The second-order valence-corrected chi connectivity index (χ2v) is 4.87. The van der Waals surface area contributed by atoms with Crippen LogP contribution >= 0.6 is 0 Å². The first-order chi connectivity index (χ1) is 8.70. The molecule has 3 heteroatoms. The maximum Gasteiger partial charge on any atom is 0.311 e. The highest BCUT2D eigenvalue weighted by Gasteiger charge is 2.15. The van der Waals surface area contributed by atoms with Gasteiger partial charge in [-0.05, 0) is 55.9 Å². The van der Waals surface area contributed by atoms with Gasteiger partial charge in [-0.3, -0.25) is 4.79 Å². The topological polar surface area (TPSA) is 35.5 Å². The van der Waals surface area contributed by atoms with E-state index in [1.165, 1.54) is 37.5 Å². The fourth-order valence-electron chi connectivity index (χ4n) is 2.29. The summed E-state index contributed by atoms with van der Waals surface area (Å²) in [6, 6.07) is 6.25. The molecule has 1 unspecified atom stereocenters. The van der Waals surface area contributed by atoms with E-state index < -0.39 is 0 Å². The Morgan fingerprint density at radius 3 is 2.72 bits per heavy atom. The van der Waals surface area contributed by atoms with Crippen LogP contribution in [0.5, 0.6) is 5.75 Å². The number of fused-ring (bicyclic) bond motifs is 1. The number of aryl methyl sites for hydroxylation is 2. The Morgan fingerprint density at radius 1 is 1.28 bits per heavy atom. The monoisotopic (exact) mass is 248 g/mol. The lowest BCUT2D eigenvalue weighted by Gasteiger charge is -2.17. The van der Waals surface area contributed by atoms with Gasteiger partial charge in [0.15, 0.2) is 0 Å². The lowest BCUT2D eigenvalue weighted by molar-refractivity contribution is -0.145. The third-order valence-corrected chi connectivity index (χ3v) is 3.42. The highest BCUT2D eigenvalue weighted by Crippen LogP contribution is 2.25. The number of esters is 1. The standard InChI is InChI=1S/C15H20O3/c1-11(15(16)17-2)10-18-14-8-7-12-5-3-4-6-13(12)9-14/h7-9,11H,3-6,10H2,1-2H3.